The summed E-state index contributed by atoms with van der Waals surface area (Å²) in [7, 11) is 0. The Balaban J connectivity index is 2.56. The van der Waals surface area contributed by atoms with Crippen LogP contribution in [0.25, 0.3) is 0 Å². The van der Waals surface area contributed by atoms with Crippen LogP contribution in [0.3, 0.4) is 0 Å². The molecule has 58 valence electrons. The quantitative estimate of drug-likeness (QED) is 0.618. The van der Waals surface area contributed by atoms with E-state index < -0.39 is 4.21 Å². The van der Waals surface area contributed by atoms with E-state index in [1.165, 1.54) is 11.8 Å². The Hall–Kier alpha value is 0.110. The van der Waals surface area contributed by atoms with Gasteiger partial charge in [0.1, 0.15) is 0 Å². The molecule has 4 heteroatoms. The molecule has 2 N–H and O–H groups in total. The smallest absolute Gasteiger partial charge is 0.248 e. The third-order valence-corrected chi connectivity index (χ3v) is 3.65. The van der Waals surface area contributed by atoms with Crippen LogP contribution in [0.5, 0.6) is 0 Å². The highest BCUT2D eigenvalue weighted by molar-refractivity contribution is 8.02. The van der Waals surface area contributed by atoms with Crippen molar-refractivity contribution in [1.82, 2.24) is 0 Å². The Morgan fingerprint density at radius 1 is 1.60 bits per heavy atom. The third-order valence-electron chi connectivity index (χ3n) is 1.59. The minimum atomic E-state index is -0.793. The van der Waals surface area contributed by atoms with Gasteiger partial charge >= 0.3 is 0 Å². The molecule has 0 aromatic heterocycles. The Kier molecular flexibility index (Phi) is 2.47. The SMILES string of the molecule is NC(=O)C1(Cl)CCCCS1. The minimum Gasteiger partial charge on any atom is -0.367 e. The number of hydrogen-bond donors (Lipinski definition) is 1. The van der Waals surface area contributed by atoms with E-state index in [0.29, 0.717) is 6.42 Å². The Morgan fingerprint density at radius 2 is 2.30 bits per heavy atom. The van der Waals surface area contributed by atoms with Gasteiger partial charge in [0.15, 0.2) is 4.21 Å². The van der Waals surface area contributed by atoms with E-state index in [0.717, 1.165) is 18.6 Å². The molecule has 1 saturated heterocycles. The number of amides is 1. The van der Waals surface area contributed by atoms with Gasteiger partial charge in [-0.15, -0.1) is 11.8 Å². The van der Waals surface area contributed by atoms with Crippen molar-refractivity contribution in [3.8, 4) is 0 Å². The number of alkyl halides is 1. The monoisotopic (exact) mass is 179 g/mol. The Labute approximate surface area is 69.5 Å². The van der Waals surface area contributed by atoms with Crippen LogP contribution in [0.15, 0.2) is 0 Å². The number of carbonyl (C=O) groups excluding carboxylic acids is 1. The predicted octanol–water partition coefficient (Wildman–Crippen LogP) is 1.32. The van der Waals surface area contributed by atoms with Gasteiger partial charge in [-0.25, -0.2) is 0 Å². The first-order chi connectivity index (χ1) is 4.65. The van der Waals surface area contributed by atoms with Crippen molar-refractivity contribution < 1.29 is 4.79 Å². The lowest BCUT2D eigenvalue weighted by molar-refractivity contribution is -0.118. The maximum Gasteiger partial charge on any atom is 0.248 e. The van der Waals surface area contributed by atoms with Gasteiger partial charge in [-0.2, -0.15) is 0 Å². The van der Waals surface area contributed by atoms with Gasteiger partial charge in [0.2, 0.25) is 5.91 Å². The molecule has 1 aliphatic rings. The summed E-state index contributed by atoms with van der Waals surface area (Å²) in [6.45, 7) is 0. The van der Waals surface area contributed by atoms with E-state index in [1.54, 1.807) is 0 Å². The predicted molar refractivity (Wildman–Crippen MR) is 44.1 cm³/mol. The van der Waals surface area contributed by atoms with Gasteiger partial charge in [-0.3, -0.25) is 4.79 Å². The van der Waals surface area contributed by atoms with Crippen LogP contribution in [-0.2, 0) is 4.79 Å². The summed E-state index contributed by atoms with van der Waals surface area (Å²) < 4.78 is -0.793. The van der Waals surface area contributed by atoms with E-state index in [1.807, 2.05) is 0 Å². The van der Waals surface area contributed by atoms with Crippen molar-refractivity contribution in [2.75, 3.05) is 5.75 Å². The van der Waals surface area contributed by atoms with Crippen LogP contribution < -0.4 is 5.73 Å². The molecule has 1 aliphatic heterocycles. The molecule has 0 bridgehead atoms. The molecular weight excluding hydrogens is 170 g/mol. The van der Waals surface area contributed by atoms with E-state index in [2.05, 4.69) is 0 Å². The molecule has 0 radical (unpaired) electrons. The van der Waals surface area contributed by atoms with E-state index in [9.17, 15) is 4.79 Å². The third kappa shape index (κ3) is 1.58. The molecule has 2 nitrogen and oxygen atoms in total. The first-order valence-electron chi connectivity index (χ1n) is 3.28. The van der Waals surface area contributed by atoms with Crippen molar-refractivity contribution >= 4 is 29.3 Å². The van der Waals surface area contributed by atoms with Gasteiger partial charge < -0.3 is 5.73 Å². The first kappa shape index (κ1) is 8.21. The lowest BCUT2D eigenvalue weighted by Gasteiger charge is -2.26. The lowest BCUT2D eigenvalue weighted by atomic mass is 10.2. The van der Waals surface area contributed by atoms with Gasteiger partial charge in [0.25, 0.3) is 0 Å². The minimum absolute atomic E-state index is 0.390. The molecule has 0 saturated carbocycles. The first-order valence-corrected chi connectivity index (χ1v) is 4.64. The fourth-order valence-corrected chi connectivity index (χ4v) is 2.42. The van der Waals surface area contributed by atoms with Gasteiger partial charge in [-0.05, 0) is 25.0 Å². The average molecular weight is 180 g/mol. The summed E-state index contributed by atoms with van der Waals surface area (Å²) in [5.41, 5.74) is 5.11. The maximum absolute atomic E-state index is 10.7. The second-order valence-electron chi connectivity index (χ2n) is 2.40. The topological polar surface area (TPSA) is 43.1 Å². The zero-order chi connectivity index (χ0) is 7.61. The lowest BCUT2D eigenvalue weighted by Crippen LogP contribution is -2.37. The van der Waals surface area contributed by atoms with E-state index in [-0.39, 0.29) is 5.91 Å². The number of rotatable bonds is 1. The summed E-state index contributed by atoms with van der Waals surface area (Å²) in [6, 6.07) is 0. The zero-order valence-corrected chi connectivity index (χ0v) is 7.17. The summed E-state index contributed by atoms with van der Waals surface area (Å²) in [5.74, 6) is 0.561. The van der Waals surface area contributed by atoms with E-state index in [4.69, 9.17) is 17.3 Å². The fraction of sp³-hybridized carbons (Fsp3) is 0.833. The number of halogens is 1. The largest absolute Gasteiger partial charge is 0.367 e. The second-order valence-corrected chi connectivity index (χ2v) is 4.66. The van der Waals surface area contributed by atoms with Crippen LogP contribution in [0.4, 0.5) is 0 Å². The van der Waals surface area contributed by atoms with Crippen molar-refractivity contribution in [3.63, 3.8) is 0 Å². The van der Waals surface area contributed by atoms with Gasteiger partial charge in [0, 0.05) is 0 Å². The van der Waals surface area contributed by atoms with Crippen molar-refractivity contribution in [3.05, 3.63) is 0 Å². The summed E-state index contributed by atoms with van der Waals surface area (Å²) in [4.78, 5) is 10.7. The Morgan fingerprint density at radius 3 is 2.60 bits per heavy atom. The highest BCUT2D eigenvalue weighted by Crippen LogP contribution is 2.39. The molecule has 1 heterocycles. The van der Waals surface area contributed by atoms with E-state index >= 15 is 0 Å². The van der Waals surface area contributed by atoms with Crippen molar-refractivity contribution in [1.29, 1.82) is 0 Å². The summed E-state index contributed by atoms with van der Waals surface area (Å²) in [5, 5.41) is 0. The maximum atomic E-state index is 10.7. The number of hydrogen-bond acceptors (Lipinski definition) is 2. The van der Waals surface area contributed by atoms with Crippen molar-refractivity contribution in [2.45, 2.75) is 23.5 Å². The molecule has 0 aromatic rings. The number of carbonyl (C=O) groups is 1. The second kappa shape index (κ2) is 3.01. The van der Waals surface area contributed by atoms with Crippen LogP contribution in [0.2, 0.25) is 0 Å². The van der Waals surface area contributed by atoms with Crippen LogP contribution in [-0.4, -0.2) is 15.9 Å². The number of thioether (sulfide) groups is 1. The number of primary amides is 1. The van der Waals surface area contributed by atoms with Crippen LogP contribution in [0, 0.1) is 0 Å². The standard InChI is InChI=1S/C6H10ClNOS/c7-6(5(8)9)3-1-2-4-10-6/h1-4H2,(H2,8,9). The average Bonchev–Trinajstić information content (AvgIpc) is 1.89. The Bertz CT molecular complexity index is 145. The number of nitrogens with two attached hydrogens (primary N) is 1. The summed E-state index contributed by atoms with van der Waals surface area (Å²) in [6.07, 6.45) is 2.88. The zero-order valence-electron chi connectivity index (χ0n) is 5.60. The molecule has 0 spiro atoms. The molecule has 1 unspecified atom stereocenters. The molecule has 0 aromatic carbocycles. The fourth-order valence-electron chi connectivity index (χ4n) is 0.955. The van der Waals surface area contributed by atoms with Gasteiger partial charge in [0.05, 0.1) is 0 Å². The molecular formula is C6H10ClNOS. The van der Waals surface area contributed by atoms with Crippen LogP contribution >= 0.6 is 23.4 Å². The highest BCUT2D eigenvalue weighted by Gasteiger charge is 2.36. The molecule has 1 amide bonds. The molecule has 1 rings (SSSR count). The molecule has 0 aliphatic carbocycles. The van der Waals surface area contributed by atoms with Crippen molar-refractivity contribution in [2.24, 2.45) is 5.73 Å². The molecule has 1 fully saturated rings. The molecule has 10 heavy (non-hydrogen) atoms. The van der Waals surface area contributed by atoms with Crippen LogP contribution in [0.1, 0.15) is 19.3 Å². The molecule has 1 atom stereocenters. The normalized spacial score (nSPS) is 33.7. The summed E-state index contributed by atoms with van der Waals surface area (Å²) >= 11 is 7.36. The highest BCUT2D eigenvalue weighted by atomic mass is 35.5. The van der Waals surface area contributed by atoms with Gasteiger partial charge in [-0.1, -0.05) is 11.6 Å².